The number of aryl methyl sites for hydroxylation is 1. The van der Waals surface area contributed by atoms with Crippen LogP contribution < -0.4 is 0 Å². The van der Waals surface area contributed by atoms with Crippen molar-refractivity contribution < 1.29 is 4.79 Å². The highest BCUT2D eigenvalue weighted by atomic mass is 35.5. The van der Waals surface area contributed by atoms with Gasteiger partial charge in [0, 0.05) is 36.1 Å². The number of carbonyl (C=O) groups excluding carboxylic acids is 1. The predicted molar refractivity (Wildman–Crippen MR) is 87.1 cm³/mol. The van der Waals surface area contributed by atoms with Gasteiger partial charge in [0.2, 0.25) is 0 Å². The molecule has 23 heavy (non-hydrogen) atoms. The summed E-state index contributed by atoms with van der Waals surface area (Å²) in [5.41, 5.74) is 1.33. The van der Waals surface area contributed by atoms with E-state index in [1.807, 2.05) is 11.5 Å². The maximum Gasteiger partial charge on any atom is 0.253 e. The van der Waals surface area contributed by atoms with E-state index in [2.05, 4.69) is 11.1 Å². The second-order valence-corrected chi connectivity index (χ2v) is 6.15. The first-order valence-electron chi connectivity index (χ1n) is 7.52. The molecule has 1 aromatic carbocycles. The molecule has 0 N–H and O–H groups in total. The standard InChI is InChI=1S/C17H17ClN4O/c1-3-21(2)16(23)17(7-6-13-10-20-11-22(13)17)14-5-4-12(9-19)8-15(14)18/h4-5,8,10-11H,3,6-7H2,1-2H3. The molecule has 6 heteroatoms. The average molecular weight is 329 g/mol. The van der Waals surface area contributed by atoms with Gasteiger partial charge in [0.25, 0.3) is 5.91 Å². The number of imidazole rings is 1. The molecule has 0 spiro atoms. The number of nitrogens with zero attached hydrogens (tertiary/aromatic N) is 4. The number of nitriles is 1. The molecule has 0 saturated heterocycles. The lowest BCUT2D eigenvalue weighted by molar-refractivity contribution is -0.137. The third-order valence-corrected chi connectivity index (χ3v) is 4.90. The van der Waals surface area contributed by atoms with E-state index in [0.717, 1.165) is 17.7 Å². The first kappa shape index (κ1) is 15.6. The molecule has 1 atom stereocenters. The zero-order valence-corrected chi connectivity index (χ0v) is 13.8. The summed E-state index contributed by atoms with van der Waals surface area (Å²) in [5, 5.41) is 9.48. The van der Waals surface area contributed by atoms with Gasteiger partial charge >= 0.3 is 0 Å². The van der Waals surface area contributed by atoms with Crippen molar-refractivity contribution in [3.63, 3.8) is 0 Å². The summed E-state index contributed by atoms with van der Waals surface area (Å²) < 4.78 is 1.93. The van der Waals surface area contributed by atoms with Crippen molar-refractivity contribution in [2.45, 2.75) is 25.3 Å². The number of rotatable bonds is 3. The van der Waals surface area contributed by atoms with Crippen LogP contribution >= 0.6 is 11.6 Å². The van der Waals surface area contributed by atoms with E-state index in [1.54, 1.807) is 42.7 Å². The molecule has 1 aliphatic rings. The molecule has 1 aliphatic heterocycles. The molecule has 0 fully saturated rings. The van der Waals surface area contributed by atoms with Crippen LogP contribution in [0.5, 0.6) is 0 Å². The number of hydrogen-bond acceptors (Lipinski definition) is 3. The highest BCUT2D eigenvalue weighted by Crippen LogP contribution is 2.42. The van der Waals surface area contributed by atoms with Gasteiger partial charge < -0.3 is 9.47 Å². The summed E-state index contributed by atoms with van der Waals surface area (Å²) in [6.45, 7) is 2.55. The number of benzene rings is 1. The van der Waals surface area contributed by atoms with Crippen molar-refractivity contribution in [3.05, 3.63) is 52.6 Å². The van der Waals surface area contributed by atoms with E-state index in [9.17, 15) is 4.79 Å². The Bertz CT molecular complexity index is 807. The SMILES string of the molecule is CCN(C)C(=O)C1(c2ccc(C#N)cc2Cl)CCc2cncn21. The van der Waals surface area contributed by atoms with Crippen LogP contribution in [0.1, 0.15) is 30.2 Å². The van der Waals surface area contributed by atoms with Crippen LogP contribution in [0.25, 0.3) is 0 Å². The second-order valence-electron chi connectivity index (χ2n) is 5.74. The molecule has 2 aromatic rings. The van der Waals surface area contributed by atoms with Crippen molar-refractivity contribution in [1.82, 2.24) is 14.5 Å². The Balaban J connectivity index is 2.23. The Morgan fingerprint density at radius 2 is 2.35 bits per heavy atom. The van der Waals surface area contributed by atoms with E-state index < -0.39 is 5.54 Å². The minimum Gasteiger partial charge on any atom is -0.344 e. The molecule has 0 radical (unpaired) electrons. The highest BCUT2D eigenvalue weighted by Gasteiger charge is 2.48. The summed E-state index contributed by atoms with van der Waals surface area (Å²) >= 11 is 6.45. The van der Waals surface area contributed by atoms with E-state index in [4.69, 9.17) is 16.9 Å². The molecule has 2 heterocycles. The smallest absolute Gasteiger partial charge is 0.253 e. The van der Waals surface area contributed by atoms with E-state index in [-0.39, 0.29) is 5.91 Å². The summed E-state index contributed by atoms with van der Waals surface area (Å²) in [6.07, 6.45) is 4.88. The van der Waals surface area contributed by atoms with Crippen LogP contribution in [0.4, 0.5) is 0 Å². The first-order valence-corrected chi connectivity index (χ1v) is 7.89. The summed E-state index contributed by atoms with van der Waals surface area (Å²) in [4.78, 5) is 19.1. The maximum atomic E-state index is 13.2. The van der Waals surface area contributed by atoms with Gasteiger partial charge in [0.05, 0.1) is 18.0 Å². The fourth-order valence-corrected chi connectivity index (χ4v) is 3.59. The van der Waals surface area contributed by atoms with Gasteiger partial charge in [-0.3, -0.25) is 4.79 Å². The molecule has 5 nitrogen and oxygen atoms in total. The Labute approximate surface area is 140 Å². The fraction of sp³-hybridized carbons (Fsp3) is 0.353. The zero-order valence-electron chi connectivity index (χ0n) is 13.1. The van der Waals surface area contributed by atoms with Crippen LogP contribution in [-0.2, 0) is 16.8 Å². The molecule has 0 aliphatic carbocycles. The second kappa shape index (κ2) is 5.71. The highest BCUT2D eigenvalue weighted by molar-refractivity contribution is 6.32. The fourth-order valence-electron chi connectivity index (χ4n) is 3.25. The number of hydrogen-bond donors (Lipinski definition) is 0. The number of halogens is 1. The quantitative estimate of drug-likeness (QED) is 0.870. The van der Waals surface area contributed by atoms with Crippen LogP contribution in [0.2, 0.25) is 5.02 Å². The summed E-state index contributed by atoms with van der Waals surface area (Å²) in [7, 11) is 1.79. The van der Waals surface area contributed by atoms with Gasteiger partial charge in [-0.25, -0.2) is 4.98 Å². The number of amides is 1. The van der Waals surface area contributed by atoms with Crippen molar-refractivity contribution in [2.75, 3.05) is 13.6 Å². The summed E-state index contributed by atoms with van der Waals surface area (Å²) in [6, 6.07) is 7.19. The van der Waals surface area contributed by atoms with E-state index >= 15 is 0 Å². The van der Waals surface area contributed by atoms with E-state index in [1.165, 1.54) is 0 Å². The Kier molecular flexibility index (Phi) is 3.87. The van der Waals surface area contributed by atoms with Gasteiger partial charge in [0.15, 0.2) is 5.54 Å². The van der Waals surface area contributed by atoms with Crippen LogP contribution in [-0.4, -0.2) is 34.0 Å². The molecule has 118 valence electrons. The number of carbonyl (C=O) groups is 1. The topological polar surface area (TPSA) is 61.9 Å². The molecule has 1 unspecified atom stereocenters. The third-order valence-electron chi connectivity index (χ3n) is 4.59. The molecule has 1 aromatic heterocycles. The number of fused-ring (bicyclic) bond motifs is 1. The summed E-state index contributed by atoms with van der Waals surface area (Å²) in [5.74, 6) is -0.0108. The average Bonchev–Trinajstić information content (AvgIpc) is 3.16. The van der Waals surface area contributed by atoms with Gasteiger partial charge in [-0.05, 0) is 31.9 Å². The molecule has 1 amide bonds. The Hall–Kier alpha value is -2.32. The zero-order chi connectivity index (χ0) is 16.6. The van der Waals surface area contributed by atoms with E-state index in [0.29, 0.717) is 23.6 Å². The van der Waals surface area contributed by atoms with Gasteiger partial charge in [-0.15, -0.1) is 0 Å². The molecular formula is C17H17ClN4O. The van der Waals surface area contributed by atoms with Gasteiger partial charge in [0.1, 0.15) is 0 Å². The lowest BCUT2D eigenvalue weighted by atomic mass is 9.85. The minimum atomic E-state index is -0.887. The van der Waals surface area contributed by atoms with Crippen LogP contribution in [0, 0.1) is 11.3 Å². The van der Waals surface area contributed by atoms with Gasteiger partial charge in [-0.2, -0.15) is 5.26 Å². The Morgan fingerprint density at radius 3 is 3.00 bits per heavy atom. The largest absolute Gasteiger partial charge is 0.344 e. The predicted octanol–water partition coefficient (Wildman–Crippen LogP) is 2.58. The first-order chi connectivity index (χ1) is 11.0. The van der Waals surface area contributed by atoms with Crippen molar-refractivity contribution in [2.24, 2.45) is 0 Å². The lowest BCUT2D eigenvalue weighted by Gasteiger charge is -2.34. The third kappa shape index (κ3) is 2.22. The molecular weight excluding hydrogens is 312 g/mol. The van der Waals surface area contributed by atoms with Crippen molar-refractivity contribution in [3.8, 4) is 6.07 Å². The monoisotopic (exact) mass is 328 g/mol. The molecule has 3 rings (SSSR count). The van der Waals surface area contributed by atoms with Crippen molar-refractivity contribution in [1.29, 1.82) is 5.26 Å². The minimum absolute atomic E-state index is 0.0108. The lowest BCUT2D eigenvalue weighted by Crippen LogP contribution is -2.48. The number of aromatic nitrogens is 2. The molecule has 0 saturated carbocycles. The van der Waals surface area contributed by atoms with Gasteiger partial charge in [-0.1, -0.05) is 17.7 Å². The Morgan fingerprint density at radius 1 is 1.57 bits per heavy atom. The van der Waals surface area contributed by atoms with Crippen molar-refractivity contribution >= 4 is 17.5 Å². The van der Waals surface area contributed by atoms with Crippen LogP contribution in [0.15, 0.2) is 30.7 Å². The maximum absolute atomic E-state index is 13.2. The van der Waals surface area contributed by atoms with Crippen LogP contribution in [0.3, 0.4) is 0 Å². The normalized spacial score (nSPS) is 19.2. The number of likely N-dealkylation sites (N-methyl/N-ethyl adjacent to an activating group) is 1. The molecule has 0 bridgehead atoms.